The molecule has 0 saturated heterocycles. The highest BCUT2D eigenvalue weighted by Gasteiger charge is 2.45. The zero-order valence-electron chi connectivity index (χ0n) is 19.1. The van der Waals surface area contributed by atoms with E-state index in [2.05, 4.69) is 10.1 Å². The van der Waals surface area contributed by atoms with Gasteiger partial charge in [-0.05, 0) is 49.2 Å². The van der Waals surface area contributed by atoms with Crippen molar-refractivity contribution in [3.63, 3.8) is 0 Å². The number of hydrogen-bond acceptors (Lipinski definition) is 6. The maximum absolute atomic E-state index is 13.6. The van der Waals surface area contributed by atoms with Crippen molar-refractivity contribution in [2.45, 2.75) is 32.0 Å². The van der Waals surface area contributed by atoms with Crippen LogP contribution >= 0.6 is 0 Å². The molecule has 2 amide bonds. The summed E-state index contributed by atoms with van der Waals surface area (Å²) in [5.41, 5.74) is 0.964. The van der Waals surface area contributed by atoms with Gasteiger partial charge in [-0.3, -0.25) is 9.69 Å². The van der Waals surface area contributed by atoms with Crippen molar-refractivity contribution < 1.29 is 27.3 Å². The molecule has 1 aliphatic heterocycles. The van der Waals surface area contributed by atoms with Crippen LogP contribution in [0.5, 0.6) is 0 Å². The number of nitrogens with zero attached hydrogens (tertiary/aromatic N) is 5. The lowest BCUT2D eigenvalue weighted by atomic mass is 9.89. The normalized spacial score (nSPS) is 18.1. The fourth-order valence-electron chi connectivity index (χ4n) is 4.69. The number of benzene rings is 2. The average molecular weight is 493 g/mol. The Morgan fingerprint density at radius 2 is 1.92 bits per heavy atom. The van der Waals surface area contributed by atoms with E-state index in [1.807, 2.05) is 6.07 Å². The molecule has 3 aromatic rings. The monoisotopic (exact) mass is 493 g/mol. The van der Waals surface area contributed by atoms with Crippen LogP contribution in [0.25, 0.3) is 11.5 Å². The zero-order chi connectivity index (χ0) is 25.8. The summed E-state index contributed by atoms with van der Waals surface area (Å²) >= 11 is 0. The van der Waals surface area contributed by atoms with Crippen molar-refractivity contribution in [3.05, 3.63) is 76.2 Å². The number of amides is 2. The molecule has 1 unspecified atom stereocenters. The van der Waals surface area contributed by atoms with E-state index < -0.39 is 23.8 Å². The molecule has 5 rings (SSSR count). The van der Waals surface area contributed by atoms with Gasteiger partial charge in [-0.2, -0.15) is 23.4 Å². The number of ketones is 1. The van der Waals surface area contributed by atoms with Crippen LogP contribution in [0, 0.1) is 18.3 Å². The lowest BCUT2D eigenvalue weighted by Crippen LogP contribution is -2.48. The third-order valence-corrected chi connectivity index (χ3v) is 6.29. The number of halogens is 3. The Morgan fingerprint density at radius 1 is 1.14 bits per heavy atom. The summed E-state index contributed by atoms with van der Waals surface area (Å²) in [6.45, 7) is 1.63. The van der Waals surface area contributed by atoms with Gasteiger partial charge in [0.1, 0.15) is 0 Å². The van der Waals surface area contributed by atoms with Gasteiger partial charge in [-0.1, -0.05) is 17.3 Å². The molecule has 0 N–H and O–H groups in total. The predicted molar refractivity (Wildman–Crippen MR) is 120 cm³/mol. The molecule has 36 heavy (non-hydrogen) atoms. The van der Waals surface area contributed by atoms with Crippen LogP contribution in [0.1, 0.15) is 41.4 Å². The van der Waals surface area contributed by atoms with Gasteiger partial charge >= 0.3 is 12.2 Å². The summed E-state index contributed by atoms with van der Waals surface area (Å²) in [7, 11) is 1.48. The Hall–Kier alpha value is -4.46. The summed E-state index contributed by atoms with van der Waals surface area (Å²) in [6, 6.07) is 9.77. The second kappa shape index (κ2) is 8.34. The third-order valence-electron chi connectivity index (χ3n) is 6.29. The van der Waals surface area contributed by atoms with Crippen molar-refractivity contribution in [1.82, 2.24) is 15.0 Å². The second-order valence-corrected chi connectivity index (χ2v) is 8.52. The Balaban J connectivity index is 1.70. The molecule has 1 aromatic heterocycles. The number of hydrogen-bond donors (Lipinski definition) is 0. The van der Waals surface area contributed by atoms with E-state index in [1.165, 1.54) is 29.0 Å². The summed E-state index contributed by atoms with van der Waals surface area (Å²) in [5, 5.41) is 13.2. The van der Waals surface area contributed by atoms with Gasteiger partial charge in [0.05, 0.1) is 28.9 Å². The number of alkyl halides is 3. The van der Waals surface area contributed by atoms with E-state index in [0.717, 1.165) is 12.1 Å². The Kier molecular flexibility index (Phi) is 5.39. The number of urea groups is 1. The Bertz CT molecular complexity index is 1480. The van der Waals surface area contributed by atoms with Crippen molar-refractivity contribution in [3.8, 4) is 17.5 Å². The maximum Gasteiger partial charge on any atom is 0.416 e. The second-order valence-electron chi connectivity index (χ2n) is 8.52. The van der Waals surface area contributed by atoms with Gasteiger partial charge in [-0.25, -0.2) is 4.79 Å². The molecule has 0 fully saturated rings. The smallest absolute Gasteiger partial charge is 0.334 e. The van der Waals surface area contributed by atoms with Gasteiger partial charge < -0.3 is 9.42 Å². The molecule has 0 saturated carbocycles. The van der Waals surface area contributed by atoms with Crippen LogP contribution in [0.4, 0.5) is 23.7 Å². The number of aryl methyl sites for hydroxylation is 1. The quantitative estimate of drug-likeness (QED) is 0.499. The Morgan fingerprint density at radius 3 is 2.58 bits per heavy atom. The van der Waals surface area contributed by atoms with Crippen LogP contribution in [0.2, 0.25) is 0 Å². The van der Waals surface area contributed by atoms with Gasteiger partial charge in [0.15, 0.2) is 11.6 Å². The molecule has 8 nitrogen and oxygen atoms in total. The number of likely N-dealkylation sites (N-methyl/N-ethyl adjacent to an activating group) is 1. The number of anilines is 1. The first kappa shape index (κ1) is 23.3. The van der Waals surface area contributed by atoms with E-state index in [9.17, 15) is 28.0 Å². The highest BCUT2D eigenvalue weighted by molar-refractivity contribution is 6.08. The summed E-state index contributed by atoms with van der Waals surface area (Å²) in [5.74, 6) is 0.260. The van der Waals surface area contributed by atoms with E-state index in [4.69, 9.17) is 4.52 Å². The molecule has 0 radical (unpaired) electrons. The SMILES string of the molecule is Cc1noc(-c2cc(C#N)ccc2C2C3=C(CCC3=O)N(c3cccc(C(F)(F)F)c3)C(=O)N2C)n1. The molecule has 1 aliphatic carbocycles. The molecule has 0 spiro atoms. The summed E-state index contributed by atoms with van der Waals surface area (Å²) < 4.78 is 45.4. The number of rotatable bonds is 3. The first-order valence-corrected chi connectivity index (χ1v) is 11.0. The van der Waals surface area contributed by atoms with Crippen LogP contribution in [-0.4, -0.2) is 33.9 Å². The van der Waals surface area contributed by atoms with Crippen LogP contribution in [-0.2, 0) is 11.0 Å². The number of aromatic nitrogens is 2. The predicted octanol–water partition coefficient (Wildman–Crippen LogP) is 5.17. The van der Waals surface area contributed by atoms with Crippen LogP contribution in [0.3, 0.4) is 0 Å². The van der Waals surface area contributed by atoms with E-state index in [-0.39, 0.29) is 30.2 Å². The average Bonchev–Trinajstić information content (AvgIpc) is 3.45. The van der Waals surface area contributed by atoms with E-state index in [1.54, 1.807) is 25.1 Å². The maximum atomic E-state index is 13.6. The first-order chi connectivity index (χ1) is 17.1. The van der Waals surface area contributed by atoms with E-state index in [0.29, 0.717) is 33.8 Å². The lowest BCUT2D eigenvalue weighted by Gasteiger charge is -2.40. The van der Waals surface area contributed by atoms with E-state index >= 15 is 0 Å². The molecule has 2 aliphatic rings. The standard InChI is InChI=1S/C25H18F3N5O3/c1-13-30-23(36-31-13)18-10-14(12-29)6-7-17(18)22-21-19(8-9-20(21)34)33(24(35)32(22)2)16-5-3-4-15(11-16)25(26,27)28/h3-7,10-11,22H,8-9H2,1-2H3. The van der Waals surface area contributed by atoms with Crippen molar-refractivity contribution >= 4 is 17.5 Å². The zero-order valence-corrected chi connectivity index (χ0v) is 19.1. The van der Waals surface area contributed by atoms with Crippen LogP contribution < -0.4 is 4.90 Å². The topological polar surface area (TPSA) is 103 Å². The molecule has 2 aromatic carbocycles. The molecule has 11 heteroatoms. The molecular formula is C25H18F3N5O3. The van der Waals surface area contributed by atoms with Gasteiger partial charge in [-0.15, -0.1) is 0 Å². The number of Topliss-reactive ketones (excluding diaryl/α,β-unsaturated/α-hetero) is 1. The highest BCUT2D eigenvalue weighted by atomic mass is 19.4. The minimum Gasteiger partial charge on any atom is -0.334 e. The number of carbonyl (C=O) groups excluding carboxylic acids is 2. The minimum atomic E-state index is -4.59. The largest absolute Gasteiger partial charge is 0.416 e. The fourth-order valence-corrected chi connectivity index (χ4v) is 4.69. The number of carbonyl (C=O) groups is 2. The number of nitriles is 1. The van der Waals surface area contributed by atoms with Crippen LogP contribution in [0.15, 0.2) is 58.3 Å². The third kappa shape index (κ3) is 3.71. The molecular weight excluding hydrogens is 475 g/mol. The highest BCUT2D eigenvalue weighted by Crippen LogP contribution is 2.46. The molecule has 2 heterocycles. The first-order valence-electron chi connectivity index (χ1n) is 11.0. The number of allylic oxidation sites excluding steroid dienone is 1. The minimum absolute atomic E-state index is 0.0231. The summed E-state index contributed by atoms with van der Waals surface area (Å²) in [4.78, 5) is 33.5. The fraction of sp³-hybridized carbons (Fsp3) is 0.240. The van der Waals surface area contributed by atoms with Gasteiger partial charge in [0.2, 0.25) is 0 Å². The Labute approximate surface area is 203 Å². The summed E-state index contributed by atoms with van der Waals surface area (Å²) in [6.07, 6.45) is -4.28. The van der Waals surface area contributed by atoms with Gasteiger partial charge in [0, 0.05) is 30.3 Å². The van der Waals surface area contributed by atoms with Crippen molar-refractivity contribution in [1.29, 1.82) is 5.26 Å². The molecule has 182 valence electrons. The van der Waals surface area contributed by atoms with Crippen molar-refractivity contribution in [2.75, 3.05) is 11.9 Å². The lowest BCUT2D eigenvalue weighted by molar-refractivity contribution is -0.137. The molecule has 1 atom stereocenters. The van der Waals surface area contributed by atoms with Gasteiger partial charge in [0.25, 0.3) is 5.89 Å². The van der Waals surface area contributed by atoms with Crippen molar-refractivity contribution in [2.24, 2.45) is 0 Å². The molecule has 0 bridgehead atoms.